The third-order valence-electron chi connectivity index (χ3n) is 4.41. The van der Waals surface area contributed by atoms with Crippen LogP contribution in [0.2, 0.25) is 0 Å². The molecule has 0 unspecified atom stereocenters. The van der Waals surface area contributed by atoms with E-state index in [0.717, 1.165) is 0 Å². The number of halogens is 2. The second-order valence-electron chi connectivity index (χ2n) is 9.54. The normalized spacial score (nSPS) is 21.4. The maximum atomic E-state index is 12.8. The summed E-state index contributed by atoms with van der Waals surface area (Å²) in [5, 5.41) is 10.8. The highest BCUT2D eigenvalue weighted by Crippen LogP contribution is 2.28. The Kier molecular flexibility index (Phi) is 7.92. The lowest BCUT2D eigenvalue weighted by Crippen LogP contribution is -2.43. The lowest BCUT2D eigenvalue weighted by atomic mass is 10.0. The van der Waals surface area contributed by atoms with Crippen LogP contribution in [0.1, 0.15) is 47.1 Å². The van der Waals surface area contributed by atoms with Crippen LogP contribution in [0.4, 0.5) is 18.4 Å². The summed E-state index contributed by atoms with van der Waals surface area (Å²) in [7, 11) is 0. The van der Waals surface area contributed by atoms with Crippen molar-refractivity contribution in [2.75, 3.05) is 6.54 Å². The fraction of sp³-hybridized carbons (Fsp3) is 0.636. The molecular weight excluding hydrogens is 428 g/mol. The van der Waals surface area contributed by atoms with E-state index in [4.69, 9.17) is 14.2 Å². The van der Waals surface area contributed by atoms with Crippen molar-refractivity contribution in [2.45, 2.75) is 84.0 Å². The Morgan fingerprint density at radius 3 is 2.12 bits per heavy atom. The van der Waals surface area contributed by atoms with Gasteiger partial charge in [-0.1, -0.05) is 12.1 Å². The Balaban J connectivity index is 2.19. The Morgan fingerprint density at radius 2 is 1.62 bits per heavy atom. The molecule has 1 aromatic carbocycles. The predicted octanol–water partition coefficient (Wildman–Crippen LogP) is 4.13. The SMILES string of the molecule is CC(C)(C)OC(=O)O[C@H]1CN(C(=O)OC(C)(C)C)[C@H](Cc2ccc(OC(F)F)cc2)[C@@H]1O. The van der Waals surface area contributed by atoms with Gasteiger partial charge in [-0.25, -0.2) is 9.59 Å². The fourth-order valence-corrected chi connectivity index (χ4v) is 3.18. The van der Waals surface area contributed by atoms with Crippen molar-refractivity contribution >= 4 is 12.2 Å². The maximum absolute atomic E-state index is 12.8. The second kappa shape index (κ2) is 9.89. The molecule has 0 aromatic heterocycles. The number of ether oxygens (including phenoxy) is 4. The first-order chi connectivity index (χ1) is 14.6. The van der Waals surface area contributed by atoms with Gasteiger partial charge in [0.1, 0.15) is 23.1 Å². The number of benzene rings is 1. The number of amides is 1. The molecule has 1 fully saturated rings. The van der Waals surface area contributed by atoms with Gasteiger partial charge >= 0.3 is 18.9 Å². The minimum absolute atomic E-state index is 0.00847. The fourth-order valence-electron chi connectivity index (χ4n) is 3.18. The van der Waals surface area contributed by atoms with Gasteiger partial charge in [0.15, 0.2) is 6.10 Å². The first kappa shape index (κ1) is 25.6. The molecule has 1 aromatic rings. The monoisotopic (exact) mass is 459 g/mol. The average molecular weight is 459 g/mol. The van der Waals surface area contributed by atoms with Crippen LogP contribution in [0.5, 0.6) is 5.75 Å². The standard InChI is InChI=1S/C22H31F2NO7/c1-21(2,3)31-19(27)25-12-16(30-20(28)32-22(4,5)6)17(26)15(25)11-13-7-9-14(10-8-13)29-18(23)24/h7-10,15-18,26H,11-12H2,1-6H3/t15-,16+,17+/m1/s1. The summed E-state index contributed by atoms with van der Waals surface area (Å²) in [5.74, 6) is -0.00847. The van der Waals surface area contributed by atoms with Gasteiger partial charge in [-0.15, -0.1) is 0 Å². The van der Waals surface area contributed by atoms with Crippen LogP contribution < -0.4 is 4.74 Å². The predicted molar refractivity (Wildman–Crippen MR) is 111 cm³/mol. The summed E-state index contributed by atoms with van der Waals surface area (Å²) >= 11 is 0. The van der Waals surface area contributed by atoms with Crippen molar-refractivity contribution in [1.82, 2.24) is 4.90 Å². The molecular formula is C22H31F2NO7. The molecule has 0 spiro atoms. The van der Waals surface area contributed by atoms with Crippen molar-refractivity contribution in [3.8, 4) is 5.75 Å². The molecule has 0 bridgehead atoms. The summed E-state index contributed by atoms with van der Waals surface area (Å²) < 4.78 is 44.9. The summed E-state index contributed by atoms with van der Waals surface area (Å²) in [6.07, 6.45) is -3.70. The zero-order valence-electron chi connectivity index (χ0n) is 19.1. The number of aliphatic hydroxyl groups is 1. The molecule has 1 aliphatic heterocycles. The molecule has 1 heterocycles. The first-order valence-corrected chi connectivity index (χ1v) is 10.3. The van der Waals surface area contributed by atoms with Gasteiger partial charge < -0.3 is 24.1 Å². The lowest BCUT2D eigenvalue weighted by molar-refractivity contribution is -0.0503. The van der Waals surface area contributed by atoms with E-state index in [1.807, 2.05) is 0 Å². The Hall–Kier alpha value is -2.62. The zero-order chi connectivity index (χ0) is 24.3. The van der Waals surface area contributed by atoms with Crippen molar-refractivity contribution in [3.05, 3.63) is 29.8 Å². The van der Waals surface area contributed by atoms with Crippen LogP contribution in [-0.4, -0.2) is 64.9 Å². The number of hydrogen-bond acceptors (Lipinski definition) is 7. The molecule has 1 amide bonds. The van der Waals surface area contributed by atoms with Crippen molar-refractivity contribution in [3.63, 3.8) is 0 Å². The van der Waals surface area contributed by atoms with Crippen LogP contribution in [0.15, 0.2) is 24.3 Å². The number of hydrogen-bond donors (Lipinski definition) is 1. The number of alkyl halides is 2. The van der Waals surface area contributed by atoms with Crippen molar-refractivity contribution < 1.29 is 42.4 Å². The van der Waals surface area contributed by atoms with Gasteiger partial charge in [0.25, 0.3) is 0 Å². The minimum Gasteiger partial charge on any atom is -0.444 e. The second-order valence-corrected chi connectivity index (χ2v) is 9.54. The highest BCUT2D eigenvalue weighted by molar-refractivity contribution is 5.69. The number of carbonyl (C=O) groups excluding carboxylic acids is 2. The molecule has 1 saturated heterocycles. The number of nitrogens with zero attached hydrogens (tertiary/aromatic N) is 1. The van der Waals surface area contributed by atoms with Crippen LogP contribution in [-0.2, 0) is 20.6 Å². The molecule has 1 N–H and O–H groups in total. The van der Waals surface area contributed by atoms with Gasteiger partial charge in [-0.3, -0.25) is 4.90 Å². The zero-order valence-corrected chi connectivity index (χ0v) is 19.1. The summed E-state index contributed by atoms with van der Waals surface area (Å²) in [6.45, 7) is 7.14. The smallest absolute Gasteiger partial charge is 0.444 e. The molecule has 2 rings (SSSR count). The molecule has 3 atom stereocenters. The van der Waals surface area contributed by atoms with E-state index in [1.165, 1.54) is 17.0 Å². The summed E-state index contributed by atoms with van der Waals surface area (Å²) in [6, 6.07) is 5.07. The van der Waals surface area contributed by atoms with Gasteiger partial charge in [-0.05, 0) is 65.7 Å². The molecule has 0 saturated carbocycles. The molecule has 10 heteroatoms. The highest BCUT2D eigenvalue weighted by atomic mass is 19.3. The average Bonchev–Trinajstić information content (AvgIpc) is 2.89. The van der Waals surface area contributed by atoms with E-state index in [0.29, 0.717) is 5.56 Å². The summed E-state index contributed by atoms with van der Waals surface area (Å²) in [4.78, 5) is 26.2. The lowest BCUT2D eigenvalue weighted by Gasteiger charge is -2.29. The molecule has 0 aliphatic carbocycles. The van der Waals surface area contributed by atoms with Crippen molar-refractivity contribution in [1.29, 1.82) is 0 Å². The van der Waals surface area contributed by atoms with E-state index in [1.54, 1.807) is 53.7 Å². The van der Waals surface area contributed by atoms with Crippen molar-refractivity contribution in [2.24, 2.45) is 0 Å². The van der Waals surface area contributed by atoms with Gasteiger partial charge in [-0.2, -0.15) is 8.78 Å². The number of likely N-dealkylation sites (tertiary alicyclic amines) is 1. The third kappa shape index (κ3) is 7.81. The third-order valence-corrected chi connectivity index (χ3v) is 4.41. The van der Waals surface area contributed by atoms with E-state index in [-0.39, 0.29) is 18.7 Å². The van der Waals surface area contributed by atoms with Crippen LogP contribution in [0.25, 0.3) is 0 Å². The Labute approximate surface area is 186 Å². The molecule has 32 heavy (non-hydrogen) atoms. The van der Waals surface area contributed by atoms with Gasteiger partial charge in [0.2, 0.25) is 0 Å². The van der Waals surface area contributed by atoms with E-state index >= 15 is 0 Å². The number of carbonyl (C=O) groups is 2. The highest BCUT2D eigenvalue weighted by Gasteiger charge is 2.47. The topological polar surface area (TPSA) is 94.5 Å². The van der Waals surface area contributed by atoms with E-state index in [2.05, 4.69) is 4.74 Å². The quantitative estimate of drug-likeness (QED) is 0.662. The van der Waals surface area contributed by atoms with Gasteiger partial charge in [0.05, 0.1) is 12.6 Å². The Bertz CT molecular complexity index is 787. The largest absolute Gasteiger partial charge is 0.509 e. The first-order valence-electron chi connectivity index (χ1n) is 10.3. The van der Waals surface area contributed by atoms with Gasteiger partial charge in [0, 0.05) is 0 Å². The minimum atomic E-state index is -2.94. The van der Waals surface area contributed by atoms with Crippen LogP contribution in [0, 0.1) is 0 Å². The number of aliphatic hydroxyl groups excluding tert-OH is 1. The van der Waals surface area contributed by atoms with E-state index in [9.17, 15) is 23.5 Å². The molecule has 1 aliphatic rings. The summed E-state index contributed by atoms with van der Waals surface area (Å²) in [5.41, 5.74) is -0.903. The maximum Gasteiger partial charge on any atom is 0.509 e. The van der Waals surface area contributed by atoms with Crippen LogP contribution in [0.3, 0.4) is 0 Å². The number of rotatable bonds is 5. The van der Waals surface area contributed by atoms with E-state index < -0.39 is 48.3 Å². The van der Waals surface area contributed by atoms with Crippen LogP contribution >= 0.6 is 0 Å². The molecule has 180 valence electrons. The Morgan fingerprint density at radius 1 is 1.06 bits per heavy atom. The molecule has 8 nitrogen and oxygen atoms in total. The molecule has 0 radical (unpaired) electrons.